The number of sulfonamides is 1. The van der Waals surface area contributed by atoms with Crippen molar-refractivity contribution in [3.8, 4) is 5.88 Å². The molecule has 1 aromatic heterocycles. The molecule has 1 aromatic carbocycles. The summed E-state index contributed by atoms with van der Waals surface area (Å²) in [4.78, 5) is 3.94. The number of aromatic nitrogens is 1. The van der Waals surface area contributed by atoms with Crippen molar-refractivity contribution in [2.24, 2.45) is 0 Å². The molecule has 0 N–H and O–H groups in total. The zero-order valence-corrected chi connectivity index (χ0v) is 13.6. The SMILES string of the molecule is COc1ncc(Cl)cc1S(=O)(=O)N1CCc2ccccc2C1. The lowest BCUT2D eigenvalue weighted by Crippen LogP contribution is -2.36. The van der Waals surface area contributed by atoms with Gasteiger partial charge in [-0.25, -0.2) is 13.4 Å². The van der Waals surface area contributed by atoms with Crippen molar-refractivity contribution in [2.45, 2.75) is 17.9 Å². The molecule has 0 atom stereocenters. The molecule has 5 nitrogen and oxygen atoms in total. The van der Waals surface area contributed by atoms with E-state index in [-0.39, 0.29) is 15.8 Å². The third-order valence-electron chi connectivity index (χ3n) is 3.69. The number of halogens is 1. The Labute approximate surface area is 134 Å². The quantitative estimate of drug-likeness (QED) is 0.862. The van der Waals surface area contributed by atoms with Gasteiger partial charge in [0.05, 0.1) is 12.1 Å². The molecule has 0 amide bonds. The van der Waals surface area contributed by atoms with Gasteiger partial charge < -0.3 is 4.74 Å². The molecule has 0 saturated carbocycles. The van der Waals surface area contributed by atoms with E-state index in [2.05, 4.69) is 4.98 Å². The van der Waals surface area contributed by atoms with Crippen molar-refractivity contribution in [3.63, 3.8) is 0 Å². The maximum absolute atomic E-state index is 12.9. The number of hydrogen-bond acceptors (Lipinski definition) is 4. The lowest BCUT2D eigenvalue weighted by molar-refractivity contribution is 0.369. The molecule has 1 aliphatic heterocycles. The zero-order chi connectivity index (χ0) is 15.7. The number of fused-ring (bicyclic) bond motifs is 1. The van der Waals surface area contributed by atoms with Crippen LogP contribution in [0.25, 0.3) is 0 Å². The Morgan fingerprint density at radius 2 is 2.00 bits per heavy atom. The minimum atomic E-state index is -3.71. The summed E-state index contributed by atoms with van der Waals surface area (Å²) in [6, 6.07) is 9.23. The number of ether oxygens (including phenoxy) is 1. The molecule has 0 spiro atoms. The maximum Gasteiger partial charge on any atom is 0.248 e. The summed E-state index contributed by atoms with van der Waals surface area (Å²) in [7, 11) is -2.32. The summed E-state index contributed by atoms with van der Waals surface area (Å²) < 4.78 is 32.3. The van der Waals surface area contributed by atoms with Gasteiger partial charge in [-0.3, -0.25) is 0 Å². The second kappa shape index (κ2) is 5.87. The molecule has 2 heterocycles. The van der Waals surface area contributed by atoms with E-state index >= 15 is 0 Å². The third-order valence-corrected chi connectivity index (χ3v) is 5.74. The van der Waals surface area contributed by atoms with Crippen LogP contribution in [0.4, 0.5) is 0 Å². The average Bonchev–Trinajstić information content (AvgIpc) is 2.54. The topological polar surface area (TPSA) is 59.5 Å². The predicted molar refractivity (Wildman–Crippen MR) is 83.5 cm³/mol. The van der Waals surface area contributed by atoms with Gasteiger partial charge in [-0.2, -0.15) is 4.31 Å². The van der Waals surface area contributed by atoms with E-state index in [1.54, 1.807) is 0 Å². The summed E-state index contributed by atoms with van der Waals surface area (Å²) in [5.74, 6) is 0.0586. The van der Waals surface area contributed by atoms with E-state index in [0.717, 1.165) is 5.56 Å². The van der Waals surface area contributed by atoms with E-state index in [9.17, 15) is 8.42 Å². The van der Waals surface area contributed by atoms with Gasteiger partial charge in [0.2, 0.25) is 15.9 Å². The van der Waals surface area contributed by atoms with Crippen molar-refractivity contribution in [1.82, 2.24) is 9.29 Å². The van der Waals surface area contributed by atoms with Crippen molar-refractivity contribution in [3.05, 3.63) is 52.7 Å². The fourth-order valence-corrected chi connectivity index (χ4v) is 4.33. The van der Waals surface area contributed by atoms with Crippen LogP contribution in [0.5, 0.6) is 5.88 Å². The Hall–Kier alpha value is -1.63. The van der Waals surface area contributed by atoms with Crippen LogP contribution in [0.15, 0.2) is 41.4 Å². The summed E-state index contributed by atoms with van der Waals surface area (Å²) >= 11 is 5.90. The van der Waals surface area contributed by atoms with Gasteiger partial charge in [0.25, 0.3) is 0 Å². The number of benzene rings is 1. The maximum atomic E-state index is 12.9. The van der Waals surface area contributed by atoms with Crippen LogP contribution < -0.4 is 4.74 Å². The fraction of sp³-hybridized carbons (Fsp3) is 0.267. The molecule has 0 aliphatic carbocycles. The molecule has 0 saturated heterocycles. The third kappa shape index (κ3) is 2.69. The Kier molecular flexibility index (Phi) is 4.08. The highest BCUT2D eigenvalue weighted by atomic mass is 35.5. The molecule has 0 unspecified atom stereocenters. The Morgan fingerprint density at radius 1 is 1.27 bits per heavy atom. The second-order valence-corrected chi connectivity index (χ2v) is 7.36. The highest BCUT2D eigenvalue weighted by molar-refractivity contribution is 7.89. The zero-order valence-electron chi connectivity index (χ0n) is 12.0. The van der Waals surface area contributed by atoms with Crippen LogP contribution >= 0.6 is 11.6 Å². The number of hydrogen-bond donors (Lipinski definition) is 0. The van der Waals surface area contributed by atoms with Crippen molar-refractivity contribution >= 4 is 21.6 Å². The van der Waals surface area contributed by atoms with Crippen LogP contribution in [-0.4, -0.2) is 31.4 Å². The lowest BCUT2D eigenvalue weighted by Gasteiger charge is -2.28. The van der Waals surface area contributed by atoms with Crippen LogP contribution in [0, 0.1) is 0 Å². The predicted octanol–water partition coefficient (Wildman–Crippen LogP) is 2.49. The van der Waals surface area contributed by atoms with Gasteiger partial charge in [-0.05, 0) is 23.6 Å². The first kappa shape index (κ1) is 15.3. The highest BCUT2D eigenvalue weighted by Gasteiger charge is 2.31. The van der Waals surface area contributed by atoms with Gasteiger partial charge in [-0.15, -0.1) is 0 Å². The molecular formula is C15H15ClN2O3S. The number of rotatable bonds is 3. The summed E-state index contributed by atoms with van der Waals surface area (Å²) in [6.07, 6.45) is 2.05. The normalized spacial score (nSPS) is 15.4. The van der Waals surface area contributed by atoms with Crippen molar-refractivity contribution in [2.75, 3.05) is 13.7 Å². The second-order valence-electron chi connectivity index (χ2n) is 5.02. The molecule has 0 fully saturated rings. The first-order valence-electron chi connectivity index (χ1n) is 6.79. The minimum Gasteiger partial charge on any atom is -0.480 e. The van der Waals surface area contributed by atoms with E-state index < -0.39 is 10.0 Å². The molecule has 7 heteroatoms. The number of pyridine rings is 1. The minimum absolute atomic E-state index is 0.00174. The lowest BCUT2D eigenvalue weighted by atomic mass is 10.0. The van der Waals surface area contributed by atoms with Crippen LogP contribution in [0.2, 0.25) is 5.02 Å². The number of nitrogens with zero attached hydrogens (tertiary/aromatic N) is 2. The molecule has 0 bridgehead atoms. The van der Waals surface area contributed by atoms with Crippen LogP contribution in [0.1, 0.15) is 11.1 Å². The Morgan fingerprint density at radius 3 is 2.73 bits per heavy atom. The molecular weight excluding hydrogens is 324 g/mol. The van der Waals surface area contributed by atoms with Crippen LogP contribution in [-0.2, 0) is 23.0 Å². The molecule has 1 aliphatic rings. The monoisotopic (exact) mass is 338 g/mol. The summed E-state index contributed by atoms with van der Waals surface area (Å²) in [5.41, 5.74) is 2.21. The van der Waals surface area contributed by atoms with E-state index in [0.29, 0.717) is 19.5 Å². The highest BCUT2D eigenvalue weighted by Crippen LogP contribution is 2.30. The largest absolute Gasteiger partial charge is 0.480 e. The summed E-state index contributed by atoms with van der Waals surface area (Å²) in [6.45, 7) is 0.767. The van der Waals surface area contributed by atoms with Gasteiger partial charge in [0.15, 0.2) is 0 Å². The standard InChI is InChI=1S/C15H15ClN2O3S/c1-21-15-14(8-13(16)9-17-15)22(19,20)18-7-6-11-4-2-3-5-12(11)10-18/h2-5,8-9H,6-7,10H2,1H3. The average molecular weight is 339 g/mol. The molecule has 2 aromatic rings. The molecule has 22 heavy (non-hydrogen) atoms. The Balaban J connectivity index is 2.00. The first-order chi connectivity index (χ1) is 10.5. The van der Waals surface area contributed by atoms with Crippen LogP contribution in [0.3, 0.4) is 0 Å². The molecule has 0 radical (unpaired) electrons. The van der Waals surface area contributed by atoms with Gasteiger partial charge in [0.1, 0.15) is 4.90 Å². The van der Waals surface area contributed by atoms with Gasteiger partial charge in [0, 0.05) is 19.3 Å². The van der Waals surface area contributed by atoms with Crippen molar-refractivity contribution < 1.29 is 13.2 Å². The van der Waals surface area contributed by atoms with Gasteiger partial charge in [-0.1, -0.05) is 35.9 Å². The first-order valence-corrected chi connectivity index (χ1v) is 8.60. The van der Waals surface area contributed by atoms with Gasteiger partial charge >= 0.3 is 0 Å². The fourth-order valence-electron chi connectivity index (χ4n) is 2.56. The smallest absolute Gasteiger partial charge is 0.248 e. The van der Waals surface area contributed by atoms with E-state index in [1.165, 1.54) is 29.2 Å². The molecule has 3 rings (SSSR count). The van der Waals surface area contributed by atoms with E-state index in [1.807, 2.05) is 24.3 Å². The molecule has 116 valence electrons. The van der Waals surface area contributed by atoms with Crippen molar-refractivity contribution in [1.29, 1.82) is 0 Å². The summed E-state index contributed by atoms with van der Waals surface area (Å²) in [5, 5.41) is 0.261. The van der Waals surface area contributed by atoms with E-state index in [4.69, 9.17) is 16.3 Å². The number of methoxy groups -OCH3 is 1. The Bertz CT molecular complexity index is 808.